The van der Waals surface area contributed by atoms with Crippen LogP contribution in [-0.2, 0) is 0 Å². The first-order chi connectivity index (χ1) is 9.13. The summed E-state index contributed by atoms with van der Waals surface area (Å²) < 4.78 is 1.66. The van der Waals surface area contributed by atoms with Crippen LogP contribution in [0.3, 0.4) is 0 Å². The van der Waals surface area contributed by atoms with E-state index in [-0.39, 0.29) is 17.6 Å². The molecule has 0 bridgehead atoms. The number of H-pyrrole nitrogens is 1. The van der Waals surface area contributed by atoms with Gasteiger partial charge >= 0.3 is 0 Å². The minimum Gasteiger partial charge on any atom is -0.356 e. The van der Waals surface area contributed by atoms with Crippen molar-refractivity contribution in [2.45, 2.75) is 39.3 Å². The fourth-order valence-electron chi connectivity index (χ4n) is 1.93. The summed E-state index contributed by atoms with van der Waals surface area (Å²) in [7, 11) is 0. The van der Waals surface area contributed by atoms with E-state index in [0.29, 0.717) is 5.82 Å². The van der Waals surface area contributed by atoms with E-state index in [1.54, 1.807) is 29.4 Å². The van der Waals surface area contributed by atoms with Gasteiger partial charge in [0.15, 0.2) is 5.82 Å². The molecule has 2 heterocycles. The number of imidazole rings is 1. The van der Waals surface area contributed by atoms with Gasteiger partial charge in [-0.3, -0.25) is 4.79 Å². The maximum absolute atomic E-state index is 12.2. The van der Waals surface area contributed by atoms with E-state index in [0.717, 1.165) is 12.2 Å². The van der Waals surface area contributed by atoms with E-state index >= 15 is 0 Å². The number of nitrogens with one attached hydrogen (secondary N) is 2. The van der Waals surface area contributed by atoms with Gasteiger partial charge in [-0.1, -0.05) is 6.92 Å². The molecule has 0 saturated carbocycles. The molecule has 1 unspecified atom stereocenters. The van der Waals surface area contributed by atoms with Gasteiger partial charge in [0, 0.05) is 30.8 Å². The van der Waals surface area contributed by atoms with Gasteiger partial charge in [0.25, 0.3) is 5.56 Å². The molecular formula is C13H19N5O. The van der Waals surface area contributed by atoms with Crippen LogP contribution in [0.5, 0.6) is 0 Å². The van der Waals surface area contributed by atoms with E-state index in [1.165, 1.54) is 0 Å². The van der Waals surface area contributed by atoms with Crippen LogP contribution in [0.4, 0.5) is 5.82 Å². The zero-order valence-corrected chi connectivity index (χ0v) is 11.4. The summed E-state index contributed by atoms with van der Waals surface area (Å²) in [5.41, 5.74) is -0.109. The van der Waals surface area contributed by atoms with Crippen molar-refractivity contribution in [3.8, 4) is 0 Å². The van der Waals surface area contributed by atoms with E-state index in [1.807, 2.05) is 20.8 Å². The highest BCUT2D eigenvalue weighted by atomic mass is 16.1. The van der Waals surface area contributed by atoms with Crippen molar-refractivity contribution in [3.05, 3.63) is 41.0 Å². The maximum atomic E-state index is 12.2. The highest BCUT2D eigenvalue weighted by Gasteiger charge is 2.15. The van der Waals surface area contributed by atoms with Crippen molar-refractivity contribution < 1.29 is 0 Å². The van der Waals surface area contributed by atoms with Crippen molar-refractivity contribution >= 4 is 5.82 Å². The molecule has 0 fully saturated rings. The second-order valence-electron chi connectivity index (χ2n) is 4.66. The zero-order chi connectivity index (χ0) is 13.8. The predicted molar refractivity (Wildman–Crippen MR) is 74.1 cm³/mol. The van der Waals surface area contributed by atoms with Crippen LogP contribution in [0.25, 0.3) is 0 Å². The number of aromatic nitrogens is 4. The average Bonchev–Trinajstić information content (AvgIpc) is 2.91. The van der Waals surface area contributed by atoms with E-state index in [9.17, 15) is 4.79 Å². The molecule has 0 aromatic carbocycles. The molecule has 0 aliphatic carbocycles. The van der Waals surface area contributed by atoms with Crippen molar-refractivity contribution in [3.63, 3.8) is 0 Å². The molecule has 0 radical (unpaired) electrons. The zero-order valence-electron chi connectivity index (χ0n) is 11.4. The van der Waals surface area contributed by atoms with Crippen molar-refractivity contribution in [1.82, 2.24) is 19.5 Å². The van der Waals surface area contributed by atoms with Gasteiger partial charge in [-0.2, -0.15) is 0 Å². The van der Waals surface area contributed by atoms with Gasteiger partial charge in [-0.15, -0.1) is 0 Å². The Kier molecular flexibility index (Phi) is 3.99. The largest absolute Gasteiger partial charge is 0.356 e. The van der Waals surface area contributed by atoms with Crippen LogP contribution in [0.15, 0.2) is 29.6 Å². The van der Waals surface area contributed by atoms with Crippen LogP contribution in [0, 0.1) is 0 Å². The van der Waals surface area contributed by atoms with Crippen LogP contribution < -0.4 is 10.9 Å². The summed E-state index contributed by atoms with van der Waals surface area (Å²) in [6, 6.07) is 0.0675. The highest BCUT2D eigenvalue weighted by Crippen LogP contribution is 2.16. The Morgan fingerprint density at radius 3 is 2.74 bits per heavy atom. The molecule has 1 atom stereocenters. The molecule has 6 nitrogen and oxygen atoms in total. The smallest absolute Gasteiger partial charge is 0.293 e. The standard InChI is InChI=1S/C13H19N5O/c1-4-10(11-14-5-6-15-11)17-12-13(19)18(9(2)3)8-7-16-12/h5-10H,4H2,1-3H3,(H,14,15)(H,16,17). The normalized spacial score (nSPS) is 12.6. The number of nitrogens with zero attached hydrogens (tertiary/aromatic N) is 3. The lowest BCUT2D eigenvalue weighted by Gasteiger charge is -2.16. The molecule has 2 aromatic heterocycles. The first-order valence-electron chi connectivity index (χ1n) is 6.46. The summed E-state index contributed by atoms with van der Waals surface area (Å²) in [5.74, 6) is 1.17. The highest BCUT2D eigenvalue weighted by molar-refractivity contribution is 5.33. The third-order valence-corrected chi connectivity index (χ3v) is 2.99. The number of hydrogen-bond donors (Lipinski definition) is 2. The molecule has 0 aliphatic rings. The number of rotatable bonds is 5. The summed E-state index contributed by atoms with van der Waals surface area (Å²) >= 11 is 0. The van der Waals surface area contributed by atoms with E-state index < -0.39 is 0 Å². The predicted octanol–water partition coefficient (Wildman–Crippen LogP) is 2.11. The van der Waals surface area contributed by atoms with Crippen LogP contribution in [-0.4, -0.2) is 19.5 Å². The Balaban J connectivity index is 2.28. The summed E-state index contributed by atoms with van der Waals surface area (Å²) in [6.07, 6.45) is 7.62. The fraction of sp³-hybridized carbons (Fsp3) is 0.462. The average molecular weight is 261 g/mol. The molecule has 102 valence electrons. The second kappa shape index (κ2) is 5.69. The molecule has 2 N–H and O–H groups in total. The van der Waals surface area contributed by atoms with Crippen LogP contribution in [0.1, 0.15) is 45.1 Å². The lowest BCUT2D eigenvalue weighted by atomic mass is 10.2. The Morgan fingerprint density at radius 1 is 1.37 bits per heavy atom. The summed E-state index contributed by atoms with van der Waals surface area (Å²) in [5, 5.41) is 3.16. The SMILES string of the molecule is CCC(Nc1nccn(C(C)C)c1=O)c1ncc[nH]1. The Morgan fingerprint density at radius 2 is 2.16 bits per heavy atom. The molecule has 0 saturated heterocycles. The van der Waals surface area contributed by atoms with E-state index in [4.69, 9.17) is 0 Å². The van der Waals surface area contributed by atoms with Gasteiger partial charge in [-0.05, 0) is 20.3 Å². The minimum absolute atomic E-state index is 0.0433. The second-order valence-corrected chi connectivity index (χ2v) is 4.66. The molecule has 0 aliphatic heterocycles. The third kappa shape index (κ3) is 2.83. The lowest BCUT2D eigenvalue weighted by Crippen LogP contribution is -2.27. The Hall–Kier alpha value is -2.11. The molecule has 2 rings (SSSR count). The third-order valence-electron chi connectivity index (χ3n) is 2.99. The Labute approximate surface area is 111 Å². The summed E-state index contributed by atoms with van der Waals surface area (Å²) in [4.78, 5) is 23.6. The molecule has 19 heavy (non-hydrogen) atoms. The van der Waals surface area contributed by atoms with E-state index in [2.05, 4.69) is 20.3 Å². The summed E-state index contributed by atoms with van der Waals surface area (Å²) in [6.45, 7) is 5.97. The molecule has 0 spiro atoms. The van der Waals surface area contributed by atoms with Crippen LogP contribution >= 0.6 is 0 Å². The quantitative estimate of drug-likeness (QED) is 0.864. The van der Waals surface area contributed by atoms with Crippen LogP contribution in [0.2, 0.25) is 0 Å². The monoisotopic (exact) mass is 261 g/mol. The molecular weight excluding hydrogens is 242 g/mol. The van der Waals surface area contributed by atoms with Gasteiger partial charge in [0.2, 0.25) is 0 Å². The van der Waals surface area contributed by atoms with Gasteiger partial charge in [0.1, 0.15) is 5.82 Å². The van der Waals surface area contributed by atoms with Gasteiger partial charge in [-0.25, -0.2) is 9.97 Å². The molecule has 0 amide bonds. The molecule has 2 aromatic rings. The number of anilines is 1. The number of aromatic amines is 1. The maximum Gasteiger partial charge on any atom is 0.293 e. The first kappa shape index (κ1) is 13.3. The van der Waals surface area contributed by atoms with Gasteiger partial charge in [0.05, 0.1) is 6.04 Å². The number of hydrogen-bond acceptors (Lipinski definition) is 4. The van der Waals surface area contributed by atoms with Crippen molar-refractivity contribution in [1.29, 1.82) is 0 Å². The molecule has 6 heteroatoms. The first-order valence-corrected chi connectivity index (χ1v) is 6.46. The Bertz CT molecular complexity index is 573. The topological polar surface area (TPSA) is 75.6 Å². The van der Waals surface area contributed by atoms with Gasteiger partial charge < -0.3 is 14.9 Å². The lowest BCUT2D eigenvalue weighted by molar-refractivity contribution is 0.573. The fourth-order valence-corrected chi connectivity index (χ4v) is 1.93. The van der Waals surface area contributed by atoms with Crippen molar-refractivity contribution in [2.75, 3.05) is 5.32 Å². The van der Waals surface area contributed by atoms with Crippen molar-refractivity contribution in [2.24, 2.45) is 0 Å². The minimum atomic E-state index is -0.109.